The predicted molar refractivity (Wildman–Crippen MR) is 63.2 cm³/mol. The highest BCUT2D eigenvalue weighted by Crippen LogP contribution is 2.41. The Hall–Kier alpha value is -0.160. The number of carbonyl (C=O) groups is 3. The number of ether oxygens (including phenoxy) is 1. The Labute approximate surface area is 114 Å². The van der Waals surface area contributed by atoms with Crippen LogP contribution in [0.5, 0.6) is 0 Å². The Morgan fingerprint density at radius 1 is 1.06 bits per heavy atom. The minimum absolute atomic E-state index is 0.0782. The topological polar surface area (TPSA) is 60.4 Å². The van der Waals surface area contributed by atoms with Crippen LogP contribution in [-0.4, -0.2) is 28.4 Å². The first kappa shape index (κ1) is 14.9. The molecule has 2 atom stereocenters. The fourth-order valence-corrected chi connectivity index (χ4v) is 2.71. The molecule has 0 aromatic heterocycles. The van der Waals surface area contributed by atoms with Crippen molar-refractivity contribution in [3.8, 4) is 0 Å². The lowest BCUT2D eigenvalue weighted by atomic mass is 9.73. The van der Waals surface area contributed by atoms with Gasteiger partial charge < -0.3 is 4.74 Å². The molecule has 4 nitrogen and oxygen atoms in total. The maximum Gasteiger partial charge on any atom is 0.253 e. The maximum atomic E-state index is 11.4. The fourth-order valence-electron chi connectivity index (χ4n) is 2.14. The molecule has 2 unspecified atom stereocenters. The van der Waals surface area contributed by atoms with E-state index in [-0.39, 0.29) is 19.3 Å². The predicted octanol–water partition coefficient (Wildman–Crippen LogP) is 2.08. The lowest BCUT2D eigenvalue weighted by Crippen LogP contribution is -2.47. The molecule has 17 heavy (non-hydrogen) atoms. The van der Waals surface area contributed by atoms with Crippen LogP contribution < -0.4 is 0 Å². The Bertz CT molecular complexity index is 333. The van der Waals surface area contributed by atoms with Gasteiger partial charge >= 0.3 is 0 Å². The van der Waals surface area contributed by atoms with Gasteiger partial charge in [-0.3, -0.25) is 14.4 Å². The van der Waals surface area contributed by atoms with E-state index in [9.17, 15) is 14.4 Å². The molecular weight excluding hydrogens is 290 g/mol. The molecule has 0 aromatic rings. The summed E-state index contributed by atoms with van der Waals surface area (Å²) in [7, 11) is 1.30. The van der Waals surface area contributed by atoms with Crippen LogP contribution in [-0.2, 0) is 19.1 Å². The monoisotopic (exact) mass is 300 g/mol. The van der Waals surface area contributed by atoms with Crippen molar-refractivity contribution in [3.05, 3.63) is 0 Å². The van der Waals surface area contributed by atoms with Crippen LogP contribution in [0.3, 0.4) is 0 Å². The number of rotatable bonds is 4. The first-order valence-electron chi connectivity index (χ1n) is 4.96. The van der Waals surface area contributed by atoms with E-state index in [0.717, 1.165) is 0 Å². The summed E-state index contributed by atoms with van der Waals surface area (Å²) in [4.78, 5) is 33.8. The van der Waals surface area contributed by atoms with Gasteiger partial charge in [-0.2, -0.15) is 0 Å². The van der Waals surface area contributed by atoms with E-state index in [2.05, 4.69) is 0 Å². The highest BCUT2D eigenvalue weighted by molar-refractivity contribution is 6.66. The van der Waals surface area contributed by atoms with E-state index in [4.69, 9.17) is 39.5 Å². The second-order valence-electron chi connectivity index (χ2n) is 4.12. The van der Waals surface area contributed by atoms with Gasteiger partial charge in [0.2, 0.25) is 10.5 Å². The van der Waals surface area contributed by atoms with E-state index >= 15 is 0 Å². The van der Waals surface area contributed by atoms with Crippen molar-refractivity contribution in [1.29, 1.82) is 0 Å². The molecule has 0 spiro atoms. The molecule has 1 fully saturated rings. The Balaban J connectivity index is 3.03. The van der Waals surface area contributed by atoms with Gasteiger partial charge in [0.05, 0.1) is 0 Å². The fraction of sp³-hybridized carbons (Fsp3) is 0.700. The van der Waals surface area contributed by atoms with Gasteiger partial charge in [0.1, 0.15) is 5.60 Å². The summed E-state index contributed by atoms with van der Waals surface area (Å²) in [6.45, 7) is 0. The van der Waals surface area contributed by atoms with Crippen molar-refractivity contribution in [2.75, 3.05) is 7.11 Å². The van der Waals surface area contributed by atoms with Crippen LogP contribution >= 0.6 is 34.8 Å². The molecule has 0 amide bonds. The quantitative estimate of drug-likeness (QED) is 0.746. The summed E-state index contributed by atoms with van der Waals surface area (Å²) in [5.41, 5.74) is -1.36. The van der Waals surface area contributed by atoms with Crippen molar-refractivity contribution >= 4 is 50.5 Å². The second kappa shape index (κ2) is 5.65. The SMILES string of the molecule is COC1(C(=O)Cl)CC(C(=O)Cl)CC(C(=O)Cl)C1. The van der Waals surface area contributed by atoms with Crippen LogP contribution in [0.4, 0.5) is 0 Å². The van der Waals surface area contributed by atoms with Crippen LogP contribution in [0, 0.1) is 11.8 Å². The molecule has 1 aliphatic carbocycles. The summed E-state index contributed by atoms with van der Waals surface area (Å²) in [5, 5.41) is -1.98. The highest BCUT2D eigenvalue weighted by atomic mass is 35.5. The number of hydrogen-bond donors (Lipinski definition) is 0. The van der Waals surface area contributed by atoms with Gasteiger partial charge in [0.25, 0.3) is 5.24 Å². The molecule has 0 aliphatic heterocycles. The van der Waals surface area contributed by atoms with E-state index in [1.54, 1.807) is 0 Å². The summed E-state index contributed by atoms with van der Waals surface area (Å²) < 4.78 is 5.10. The number of halogens is 3. The number of hydrogen-bond acceptors (Lipinski definition) is 4. The average Bonchev–Trinajstić information content (AvgIpc) is 2.27. The van der Waals surface area contributed by atoms with Crippen LogP contribution in [0.1, 0.15) is 19.3 Å². The molecule has 1 saturated carbocycles. The molecule has 0 N–H and O–H groups in total. The zero-order valence-electron chi connectivity index (χ0n) is 9.04. The standard InChI is InChI=1S/C10H11Cl3O4/c1-17-10(9(13)16)3-5(7(11)14)2-6(4-10)8(12)15/h5-6H,2-4H2,1H3. The lowest BCUT2D eigenvalue weighted by molar-refractivity contribution is -0.145. The van der Waals surface area contributed by atoms with E-state index in [1.165, 1.54) is 7.11 Å². The van der Waals surface area contributed by atoms with E-state index in [0.29, 0.717) is 0 Å². The molecule has 0 bridgehead atoms. The third-order valence-corrected chi connectivity index (χ3v) is 4.07. The molecule has 1 rings (SSSR count). The van der Waals surface area contributed by atoms with Crippen molar-refractivity contribution in [2.45, 2.75) is 24.9 Å². The van der Waals surface area contributed by atoms with E-state index in [1.807, 2.05) is 0 Å². The van der Waals surface area contributed by atoms with Gasteiger partial charge in [-0.1, -0.05) is 0 Å². The minimum atomic E-state index is -1.36. The Kier molecular flexibility index (Phi) is 4.95. The van der Waals surface area contributed by atoms with Crippen LogP contribution in [0.15, 0.2) is 0 Å². The third-order valence-electron chi connectivity index (χ3n) is 3.11. The molecule has 0 saturated heterocycles. The molecule has 1 aliphatic rings. The zero-order valence-corrected chi connectivity index (χ0v) is 11.3. The highest BCUT2D eigenvalue weighted by Gasteiger charge is 2.48. The smallest absolute Gasteiger partial charge is 0.253 e. The minimum Gasteiger partial charge on any atom is -0.369 e. The Morgan fingerprint density at radius 2 is 1.47 bits per heavy atom. The van der Waals surface area contributed by atoms with Gasteiger partial charge in [-0.05, 0) is 54.1 Å². The van der Waals surface area contributed by atoms with Crippen molar-refractivity contribution in [1.82, 2.24) is 0 Å². The van der Waals surface area contributed by atoms with Crippen LogP contribution in [0.25, 0.3) is 0 Å². The Morgan fingerprint density at radius 3 is 1.71 bits per heavy atom. The molecule has 96 valence electrons. The summed E-state index contributed by atoms with van der Waals surface area (Å²) in [6.07, 6.45) is 0.379. The number of carbonyl (C=O) groups excluding carboxylic acids is 3. The van der Waals surface area contributed by atoms with Crippen molar-refractivity contribution < 1.29 is 19.1 Å². The largest absolute Gasteiger partial charge is 0.369 e. The van der Waals surface area contributed by atoms with E-state index < -0.39 is 33.2 Å². The first-order chi connectivity index (χ1) is 7.82. The number of methoxy groups -OCH3 is 1. The molecule has 0 radical (unpaired) electrons. The van der Waals surface area contributed by atoms with Crippen molar-refractivity contribution in [2.24, 2.45) is 11.8 Å². The maximum absolute atomic E-state index is 11.4. The summed E-state index contributed by atoms with van der Waals surface area (Å²) >= 11 is 16.3. The van der Waals surface area contributed by atoms with Gasteiger partial charge in [-0.25, -0.2) is 0 Å². The molecule has 7 heteroatoms. The lowest BCUT2D eigenvalue weighted by Gasteiger charge is -2.38. The third kappa shape index (κ3) is 3.19. The molecule has 0 aromatic carbocycles. The molecule has 0 heterocycles. The average molecular weight is 302 g/mol. The van der Waals surface area contributed by atoms with Gasteiger partial charge in [-0.15, -0.1) is 0 Å². The molecular formula is C10H11Cl3O4. The summed E-state index contributed by atoms with van der Waals surface area (Å²) in [6, 6.07) is 0. The normalized spacial score (nSPS) is 33.2. The summed E-state index contributed by atoms with van der Waals surface area (Å²) in [5.74, 6) is -1.30. The zero-order chi connectivity index (χ0) is 13.2. The first-order valence-corrected chi connectivity index (χ1v) is 6.09. The van der Waals surface area contributed by atoms with Crippen LogP contribution in [0.2, 0.25) is 0 Å². The van der Waals surface area contributed by atoms with Crippen molar-refractivity contribution in [3.63, 3.8) is 0 Å². The van der Waals surface area contributed by atoms with Gasteiger partial charge in [0.15, 0.2) is 0 Å². The van der Waals surface area contributed by atoms with Gasteiger partial charge in [0, 0.05) is 18.9 Å². The second-order valence-corrected chi connectivity index (χ2v) is 5.21.